The molecule has 0 aliphatic rings. The molecule has 0 radical (unpaired) electrons. The molecule has 0 aliphatic heterocycles. The molecule has 2 aromatic heterocycles. The summed E-state index contributed by atoms with van der Waals surface area (Å²) in [6.45, 7) is 2.26. The Morgan fingerprint density at radius 3 is 2.65 bits per heavy atom. The van der Waals surface area contributed by atoms with E-state index in [-0.39, 0.29) is 5.91 Å². The number of para-hydroxylation sites is 1. The molecule has 0 aliphatic carbocycles. The van der Waals surface area contributed by atoms with Crippen molar-refractivity contribution in [1.82, 2.24) is 14.8 Å². The normalized spacial score (nSPS) is 10.4. The summed E-state index contributed by atoms with van der Waals surface area (Å²) in [7, 11) is 3.19. The lowest BCUT2D eigenvalue weighted by Crippen LogP contribution is -2.17. The average Bonchev–Trinajstić information content (AvgIpc) is 3.08. The van der Waals surface area contributed by atoms with E-state index in [1.165, 1.54) is 0 Å². The number of pyridine rings is 1. The van der Waals surface area contributed by atoms with Crippen molar-refractivity contribution in [1.29, 1.82) is 0 Å². The van der Waals surface area contributed by atoms with Crippen LogP contribution < -0.4 is 14.8 Å². The first-order valence-corrected chi connectivity index (χ1v) is 8.09. The fourth-order valence-electron chi connectivity index (χ4n) is 2.65. The summed E-state index contributed by atoms with van der Waals surface area (Å²) in [6, 6.07) is 12.7. The van der Waals surface area contributed by atoms with Gasteiger partial charge in [0.2, 0.25) is 0 Å². The van der Waals surface area contributed by atoms with Gasteiger partial charge in [-0.25, -0.2) is 9.67 Å². The highest BCUT2D eigenvalue weighted by Crippen LogP contribution is 2.31. The number of nitrogens with one attached hydrogen (secondary N) is 1. The largest absolute Gasteiger partial charge is 0.493 e. The molecule has 1 N–H and O–H groups in total. The molecular weight excluding hydrogens is 332 g/mol. The van der Waals surface area contributed by atoms with Crippen LogP contribution in [0.1, 0.15) is 21.7 Å². The van der Waals surface area contributed by atoms with Crippen molar-refractivity contribution in [2.75, 3.05) is 19.5 Å². The number of amides is 1. The average molecular weight is 352 g/mol. The second-order valence-electron chi connectivity index (χ2n) is 5.65. The highest BCUT2D eigenvalue weighted by molar-refractivity contribution is 6.02. The van der Waals surface area contributed by atoms with Crippen molar-refractivity contribution in [3.63, 3.8) is 0 Å². The molecular formula is C19H20N4O3. The van der Waals surface area contributed by atoms with E-state index in [9.17, 15) is 4.79 Å². The van der Waals surface area contributed by atoms with Crippen molar-refractivity contribution in [2.45, 2.75) is 13.5 Å². The van der Waals surface area contributed by atoms with E-state index >= 15 is 0 Å². The van der Waals surface area contributed by atoms with Crippen LogP contribution in [0.2, 0.25) is 0 Å². The fraction of sp³-hybridized carbons (Fsp3) is 0.211. The first kappa shape index (κ1) is 17.5. The van der Waals surface area contributed by atoms with Crippen LogP contribution in [0, 0.1) is 6.92 Å². The van der Waals surface area contributed by atoms with Crippen molar-refractivity contribution in [3.05, 3.63) is 65.6 Å². The fourth-order valence-corrected chi connectivity index (χ4v) is 2.65. The third-order valence-electron chi connectivity index (χ3n) is 3.88. The quantitative estimate of drug-likeness (QED) is 0.738. The number of rotatable bonds is 6. The van der Waals surface area contributed by atoms with Crippen LogP contribution >= 0.6 is 0 Å². The molecule has 0 fully saturated rings. The molecule has 7 heteroatoms. The third-order valence-corrected chi connectivity index (χ3v) is 3.88. The van der Waals surface area contributed by atoms with Gasteiger partial charge >= 0.3 is 0 Å². The first-order chi connectivity index (χ1) is 12.6. The second kappa shape index (κ2) is 7.69. The topological polar surface area (TPSA) is 78.3 Å². The molecule has 2 heterocycles. The molecule has 1 amide bonds. The van der Waals surface area contributed by atoms with Crippen molar-refractivity contribution >= 4 is 11.7 Å². The Hall–Kier alpha value is -3.35. The minimum atomic E-state index is -0.284. The number of benzene rings is 1. The van der Waals surface area contributed by atoms with Crippen LogP contribution in [0.5, 0.6) is 11.5 Å². The van der Waals surface area contributed by atoms with Gasteiger partial charge in [0.25, 0.3) is 5.91 Å². The molecule has 7 nitrogen and oxygen atoms in total. The van der Waals surface area contributed by atoms with Gasteiger partial charge in [0.1, 0.15) is 11.5 Å². The monoisotopic (exact) mass is 352 g/mol. The van der Waals surface area contributed by atoms with Crippen LogP contribution in [0.4, 0.5) is 5.82 Å². The molecule has 0 unspecified atom stereocenters. The first-order valence-electron chi connectivity index (χ1n) is 8.09. The van der Waals surface area contributed by atoms with E-state index in [0.717, 1.165) is 11.3 Å². The number of carbonyl (C=O) groups excluding carboxylic acids is 1. The Morgan fingerprint density at radius 1 is 1.12 bits per heavy atom. The van der Waals surface area contributed by atoms with Crippen molar-refractivity contribution in [3.8, 4) is 11.5 Å². The highest BCUT2D eigenvalue weighted by atomic mass is 16.5. The summed E-state index contributed by atoms with van der Waals surface area (Å²) >= 11 is 0. The summed E-state index contributed by atoms with van der Waals surface area (Å²) in [5.41, 5.74) is 2.03. The number of carbonyl (C=O) groups is 1. The van der Waals surface area contributed by atoms with Gasteiger partial charge in [-0.05, 0) is 25.1 Å². The summed E-state index contributed by atoms with van der Waals surface area (Å²) in [5.74, 6) is 1.58. The number of hydrogen-bond donors (Lipinski definition) is 1. The Morgan fingerprint density at radius 2 is 1.92 bits per heavy atom. The van der Waals surface area contributed by atoms with Gasteiger partial charge in [0, 0.05) is 17.3 Å². The van der Waals surface area contributed by atoms with Crippen molar-refractivity contribution < 1.29 is 14.3 Å². The van der Waals surface area contributed by atoms with E-state index in [0.29, 0.717) is 29.6 Å². The number of ether oxygens (including phenoxy) is 2. The number of aryl methyl sites for hydroxylation is 1. The van der Waals surface area contributed by atoms with E-state index in [1.54, 1.807) is 43.3 Å². The summed E-state index contributed by atoms with van der Waals surface area (Å²) in [5, 5.41) is 7.14. The molecule has 26 heavy (non-hydrogen) atoms. The molecule has 3 rings (SSSR count). The lowest BCUT2D eigenvalue weighted by atomic mass is 10.2. The molecule has 134 valence electrons. The zero-order valence-electron chi connectivity index (χ0n) is 14.9. The van der Waals surface area contributed by atoms with Crippen LogP contribution in [0.15, 0.2) is 48.7 Å². The molecule has 0 spiro atoms. The minimum Gasteiger partial charge on any atom is -0.493 e. The van der Waals surface area contributed by atoms with Gasteiger partial charge in [-0.1, -0.05) is 18.2 Å². The van der Waals surface area contributed by atoms with Gasteiger partial charge in [-0.3, -0.25) is 4.79 Å². The van der Waals surface area contributed by atoms with Crippen LogP contribution in [0.3, 0.4) is 0 Å². The molecule has 0 saturated carbocycles. The minimum absolute atomic E-state index is 0.284. The van der Waals surface area contributed by atoms with Crippen molar-refractivity contribution in [2.24, 2.45) is 0 Å². The van der Waals surface area contributed by atoms with Crippen LogP contribution in [0.25, 0.3) is 0 Å². The maximum Gasteiger partial charge on any atom is 0.275 e. The Bertz CT molecular complexity index is 921. The summed E-state index contributed by atoms with van der Waals surface area (Å²) < 4.78 is 12.5. The Kier molecular flexibility index (Phi) is 5.17. The molecule has 1 aromatic carbocycles. The molecule has 3 aromatic rings. The third kappa shape index (κ3) is 3.66. The summed E-state index contributed by atoms with van der Waals surface area (Å²) in [4.78, 5) is 16.7. The van der Waals surface area contributed by atoms with E-state index < -0.39 is 0 Å². The zero-order valence-corrected chi connectivity index (χ0v) is 14.9. The lowest BCUT2D eigenvalue weighted by Gasteiger charge is -2.14. The number of nitrogens with zero attached hydrogens (tertiary/aromatic N) is 3. The zero-order chi connectivity index (χ0) is 18.5. The van der Waals surface area contributed by atoms with E-state index in [4.69, 9.17) is 9.47 Å². The Balaban J connectivity index is 1.82. The summed E-state index contributed by atoms with van der Waals surface area (Å²) in [6.07, 6.45) is 1.63. The number of hydrogen-bond acceptors (Lipinski definition) is 5. The molecule has 0 saturated heterocycles. The smallest absolute Gasteiger partial charge is 0.275 e. The van der Waals surface area contributed by atoms with Gasteiger partial charge in [0.15, 0.2) is 11.5 Å². The molecule has 0 atom stereocenters. The molecule has 0 bridgehead atoms. The lowest BCUT2D eigenvalue weighted by molar-refractivity contribution is 0.102. The maximum absolute atomic E-state index is 12.4. The highest BCUT2D eigenvalue weighted by Gasteiger charge is 2.14. The Labute approximate surface area is 151 Å². The predicted molar refractivity (Wildman–Crippen MR) is 97.8 cm³/mol. The number of aromatic nitrogens is 3. The number of methoxy groups -OCH3 is 2. The van der Waals surface area contributed by atoms with Crippen LogP contribution in [-0.2, 0) is 6.54 Å². The van der Waals surface area contributed by atoms with Gasteiger partial charge < -0.3 is 14.8 Å². The SMILES string of the molecule is COc1cccc(Cn2nccc2NC(=O)c2cccc(C)n2)c1OC. The van der Waals surface area contributed by atoms with Gasteiger partial charge in [0.05, 0.1) is 27.0 Å². The van der Waals surface area contributed by atoms with Gasteiger partial charge in [-0.2, -0.15) is 5.10 Å². The van der Waals surface area contributed by atoms with E-state index in [1.807, 2.05) is 31.2 Å². The van der Waals surface area contributed by atoms with E-state index in [2.05, 4.69) is 15.4 Å². The second-order valence-corrected chi connectivity index (χ2v) is 5.65. The standard InChI is InChI=1S/C19H20N4O3/c1-13-6-4-8-15(21-13)19(24)22-17-10-11-20-23(17)12-14-7-5-9-16(25-2)18(14)26-3/h4-11H,12H2,1-3H3,(H,22,24). The number of anilines is 1. The predicted octanol–water partition coefficient (Wildman–Crippen LogP) is 2.90. The van der Waals surface area contributed by atoms with Gasteiger partial charge in [-0.15, -0.1) is 0 Å². The van der Waals surface area contributed by atoms with Crippen LogP contribution in [-0.4, -0.2) is 34.9 Å². The maximum atomic E-state index is 12.4.